The Balaban J connectivity index is 1.61. The molecule has 2 amide bonds. The highest BCUT2D eigenvalue weighted by Gasteiger charge is 2.41. The Hall–Kier alpha value is -2.08. The van der Waals surface area contributed by atoms with Crippen molar-refractivity contribution in [2.75, 3.05) is 19.6 Å². The molecule has 2 atom stereocenters. The fraction of sp³-hybridized carbons (Fsp3) is 0.556. The molecule has 3 rings (SSSR count). The Bertz CT molecular complexity index is 572. The number of hydrogen-bond donors (Lipinski definition) is 1. The molecule has 2 fully saturated rings. The molecule has 0 saturated carbocycles. The predicted molar refractivity (Wildman–Crippen MR) is 88.2 cm³/mol. The number of hydrogen-bond acceptors (Lipinski definition) is 4. The van der Waals surface area contributed by atoms with Crippen LogP contribution in [0.2, 0.25) is 0 Å². The van der Waals surface area contributed by atoms with Crippen LogP contribution in [-0.2, 0) is 16.1 Å². The molecule has 2 heterocycles. The van der Waals surface area contributed by atoms with E-state index >= 15 is 0 Å². The molecule has 2 aliphatic rings. The van der Waals surface area contributed by atoms with Gasteiger partial charge in [0.15, 0.2) is 0 Å². The summed E-state index contributed by atoms with van der Waals surface area (Å²) in [5.74, 6) is -0.0667. The first-order valence-electron chi connectivity index (χ1n) is 8.59. The molecule has 1 aromatic rings. The maximum Gasteiger partial charge on any atom is 0.410 e. The first-order chi connectivity index (χ1) is 11.6. The van der Waals surface area contributed by atoms with E-state index in [1.54, 1.807) is 0 Å². The van der Waals surface area contributed by atoms with Crippen LogP contribution < -0.4 is 0 Å². The number of rotatable bonds is 3. The maximum absolute atomic E-state index is 12.7. The predicted octanol–water partition coefficient (Wildman–Crippen LogP) is 1.77. The van der Waals surface area contributed by atoms with Crippen LogP contribution in [0.1, 0.15) is 31.2 Å². The molecule has 1 N–H and O–H groups in total. The first-order valence-corrected chi connectivity index (χ1v) is 8.59. The van der Waals surface area contributed by atoms with E-state index in [4.69, 9.17) is 4.74 Å². The van der Waals surface area contributed by atoms with Gasteiger partial charge in [-0.15, -0.1) is 0 Å². The molecule has 24 heavy (non-hydrogen) atoms. The number of aliphatic hydroxyl groups is 1. The van der Waals surface area contributed by atoms with Crippen LogP contribution >= 0.6 is 0 Å². The smallest absolute Gasteiger partial charge is 0.410 e. The van der Waals surface area contributed by atoms with Crippen LogP contribution in [0.25, 0.3) is 0 Å². The van der Waals surface area contributed by atoms with Gasteiger partial charge in [-0.2, -0.15) is 0 Å². The maximum atomic E-state index is 12.7. The van der Waals surface area contributed by atoms with Crippen molar-refractivity contribution in [1.29, 1.82) is 0 Å². The van der Waals surface area contributed by atoms with E-state index in [-0.39, 0.29) is 25.5 Å². The lowest BCUT2D eigenvalue weighted by molar-refractivity contribution is -0.136. The van der Waals surface area contributed by atoms with Crippen molar-refractivity contribution in [1.82, 2.24) is 9.80 Å². The van der Waals surface area contributed by atoms with Gasteiger partial charge in [0.2, 0.25) is 5.91 Å². The van der Waals surface area contributed by atoms with Gasteiger partial charge in [0.1, 0.15) is 12.6 Å². The van der Waals surface area contributed by atoms with Gasteiger partial charge in [0.25, 0.3) is 0 Å². The lowest BCUT2D eigenvalue weighted by Crippen LogP contribution is -2.49. The molecule has 2 saturated heterocycles. The van der Waals surface area contributed by atoms with E-state index in [1.165, 1.54) is 4.90 Å². The number of likely N-dealkylation sites (tertiary alicyclic amines) is 2. The quantitative estimate of drug-likeness (QED) is 0.916. The second-order valence-corrected chi connectivity index (χ2v) is 6.48. The minimum Gasteiger partial charge on any atom is -0.445 e. The number of benzene rings is 1. The van der Waals surface area contributed by atoms with E-state index in [0.717, 1.165) is 37.9 Å². The van der Waals surface area contributed by atoms with Gasteiger partial charge in [-0.3, -0.25) is 9.69 Å². The van der Waals surface area contributed by atoms with Gasteiger partial charge in [-0.25, -0.2) is 4.79 Å². The number of piperidine rings is 1. The molecule has 2 unspecified atom stereocenters. The van der Waals surface area contributed by atoms with E-state index in [2.05, 4.69) is 0 Å². The molecule has 0 aromatic heterocycles. The SMILES string of the molecule is O=C(C1CC(O)CN1C(=O)OCc1ccccc1)N1CCCCC1. The summed E-state index contributed by atoms with van der Waals surface area (Å²) in [4.78, 5) is 28.3. The zero-order chi connectivity index (χ0) is 16.9. The number of ether oxygens (including phenoxy) is 1. The largest absolute Gasteiger partial charge is 0.445 e. The summed E-state index contributed by atoms with van der Waals surface area (Å²) >= 11 is 0. The minimum absolute atomic E-state index is 0.0667. The number of nitrogens with zero attached hydrogens (tertiary/aromatic N) is 2. The fourth-order valence-corrected chi connectivity index (χ4v) is 3.38. The van der Waals surface area contributed by atoms with Gasteiger partial charge >= 0.3 is 6.09 Å². The van der Waals surface area contributed by atoms with Gasteiger partial charge < -0.3 is 14.7 Å². The van der Waals surface area contributed by atoms with Crippen LogP contribution in [0.5, 0.6) is 0 Å². The number of carbonyl (C=O) groups excluding carboxylic acids is 2. The number of β-amino-alcohol motifs (C(OH)–C–C–N with tert-alkyl or cyclic N) is 1. The summed E-state index contributed by atoms with van der Waals surface area (Å²) in [5, 5.41) is 9.93. The van der Waals surface area contributed by atoms with Crippen LogP contribution in [0.3, 0.4) is 0 Å². The molecule has 0 radical (unpaired) electrons. The fourth-order valence-electron chi connectivity index (χ4n) is 3.38. The topological polar surface area (TPSA) is 70.1 Å². The summed E-state index contributed by atoms with van der Waals surface area (Å²) in [6, 6.07) is 8.80. The summed E-state index contributed by atoms with van der Waals surface area (Å²) in [6.45, 7) is 1.78. The lowest BCUT2D eigenvalue weighted by Gasteiger charge is -2.32. The van der Waals surface area contributed by atoms with Gasteiger partial charge in [-0.05, 0) is 24.8 Å². The van der Waals surface area contributed by atoms with Gasteiger partial charge in [-0.1, -0.05) is 30.3 Å². The molecule has 0 aliphatic carbocycles. The Morgan fingerprint density at radius 2 is 1.83 bits per heavy atom. The van der Waals surface area contributed by atoms with Gasteiger partial charge in [0, 0.05) is 19.5 Å². The lowest BCUT2D eigenvalue weighted by atomic mass is 10.1. The number of carbonyl (C=O) groups is 2. The zero-order valence-corrected chi connectivity index (χ0v) is 13.8. The summed E-state index contributed by atoms with van der Waals surface area (Å²) < 4.78 is 5.33. The van der Waals surface area contributed by atoms with Crippen molar-refractivity contribution in [3.05, 3.63) is 35.9 Å². The third-order valence-corrected chi connectivity index (χ3v) is 4.67. The highest BCUT2D eigenvalue weighted by molar-refractivity contribution is 5.86. The zero-order valence-electron chi connectivity index (χ0n) is 13.8. The average molecular weight is 332 g/mol. The Kier molecular flexibility index (Phi) is 5.35. The molecule has 6 heteroatoms. The first kappa shape index (κ1) is 16.8. The summed E-state index contributed by atoms with van der Waals surface area (Å²) in [5.41, 5.74) is 0.893. The van der Waals surface area contributed by atoms with Crippen LogP contribution in [0, 0.1) is 0 Å². The molecular weight excluding hydrogens is 308 g/mol. The average Bonchev–Trinajstić information content (AvgIpc) is 3.02. The Morgan fingerprint density at radius 1 is 1.12 bits per heavy atom. The van der Waals surface area contributed by atoms with Gasteiger partial charge in [0.05, 0.1) is 12.6 Å². The van der Waals surface area contributed by atoms with Crippen molar-refractivity contribution in [2.45, 2.75) is 44.4 Å². The Morgan fingerprint density at radius 3 is 2.54 bits per heavy atom. The summed E-state index contributed by atoms with van der Waals surface area (Å²) in [7, 11) is 0. The molecule has 6 nitrogen and oxygen atoms in total. The normalized spacial score (nSPS) is 24.0. The number of aliphatic hydroxyl groups excluding tert-OH is 1. The van der Waals surface area contributed by atoms with Crippen molar-refractivity contribution in [3.63, 3.8) is 0 Å². The second-order valence-electron chi connectivity index (χ2n) is 6.48. The van der Waals surface area contributed by atoms with Crippen molar-refractivity contribution >= 4 is 12.0 Å². The number of amides is 2. The Labute approximate surface area is 142 Å². The third kappa shape index (κ3) is 3.87. The molecule has 130 valence electrons. The standard InChI is InChI=1S/C18H24N2O4/c21-15-11-16(17(22)19-9-5-2-6-10-19)20(12-15)18(23)24-13-14-7-3-1-4-8-14/h1,3-4,7-8,15-16,21H,2,5-6,9-13H2. The monoisotopic (exact) mass is 332 g/mol. The van der Waals surface area contributed by atoms with Crippen LogP contribution in [0.15, 0.2) is 30.3 Å². The third-order valence-electron chi connectivity index (χ3n) is 4.67. The minimum atomic E-state index is -0.673. The molecule has 2 aliphatic heterocycles. The van der Waals surface area contributed by atoms with Crippen LogP contribution in [0.4, 0.5) is 4.79 Å². The highest BCUT2D eigenvalue weighted by atomic mass is 16.6. The van der Waals surface area contributed by atoms with E-state index < -0.39 is 18.2 Å². The summed E-state index contributed by atoms with van der Waals surface area (Å²) in [6.07, 6.45) is 2.22. The molecule has 0 bridgehead atoms. The van der Waals surface area contributed by atoms with E-state index in [9.17, 15) is 14.7 Å². The van der Waals surface area contributed by atoms with Crippen molar-refractivity contribution in [3.8, 4) is 0 Å². The van der Waals surface area contributed by atoms with E-state index in [1.807, 2.05) is 35.2 Å². The second kappa shape index (κ2) is 7.66. The highest BCUT2D eigenvalue weighted by Crippen LogP contribution is 2.23. The van der Waals surface area contributed by atoms with Crippen molar-refractivity contribution in [2.24, 2.45) is 0 Å². The van der Waals surface area contributed by atoms with Crippen LogP contribution in [-0.4, -0.2) is 58.7 Å². The molecular formula is C18H24N2O4. The van der Waals surface area contributed by atoms with Crippen molar-refractivity contribution < 1.29 is 19.4 Å². The molecule has 0 spiro atoms. The molecule has 1 aromatic carbocycles. The van der Waals surface area contributed by atoms with E-state index in [0.29, 0.717) is 0 Å².